The quantitative estimate of drug-likeness (QED) is 0.471. The van der Waals surface area contributed by atoms with Gasteiger partial charge in [0.15, 0.2) is 0 Å². The van der Waals surface area contributed by atoms with Gasteiger partial charge in [0.05, 0.1) is 25.3 Å². The lowest BCUT2D eigenvalue weighted by Gasteiger charge is -2.22. The molecule has 0 spiro atoms. The number of esters is 1. The highest BCUT2D eigenvalue weighted by molar-refractivity contribution is 6.70. The second kappa shape index (κ2) is 5.93. The molecule has 0 N–H and O–H groups in total. The normalized spacial score (nSPS) is 10.8. The van der Waals surface area contributed by atoms with Gasteiger partial charge < -0.3 is 13.9 Å². The maximum Gasteiger partial charge on any atom is 0.337 e. The van der Waals surface area contributed by atoms with E-state index >= 15 is 0 Å². The summed E-state index contributed by atoms with van der Waals surface area (Å²) >= 11 is 0. The number of benzene rings is 1. The third-order valence-corrected chi connectivity index (χ3v) is 3.21. The number of rotatable bonds is 5. The van der Waals surface area contributed by atoms with Gasteiger partial charge in [-0.05, 0) is 37.8 Å². The number of carbonyl (C=O) groups excluding carboxylic acids is 1. The highest BCUT2D eigenvalue weighted by Gasteiger charge is 2.20. The van der Waals surface area contributed by atoms with Crippen LogP contribution in [0, 0.1) is 0 Å². The fourth-order valence-electron chi connectivity index (χ4n) is 1.60. The average Bonchev–Trinajstić information content (AvgIpc) is 2.35. The average molecular weight is 280 g/mol. The van der Waals surface area contributed by atoms with Crippen LogP contribution >= 0.6 is 0 Å². The summed E-state index contributed by atoms with van der Waals surface area (Å²) in [4.78, 5) is 11.5. The van der Waals surface area contributed by atoms with Crippen LogP contribution in [0.2, 0.25) is 19.6 Å². The van der Waals surface area contributed by atoms with Crippen LogP contribution in [0.4, 0.5) is 0 Å². The molecule has 5 heteroatoms. The van der Waals surface area contributed by atoms with E-state index in [2.05, 4.69) is 26.2 Å². The standard InChI is InChI=1S/C14H20O4Si/c1-10(18-19(4,5)6)12-9-11(14(15)17-3)7-8-13(12)16-2/h7-9H,1H2,2-6H3. The summed E-state index contributed by atoms with van der Waals surface area (Å²) in [5.41, 5.74) is 1.12. The van der Waals surface area contributed by atoms with Crippen molar-refractivity contribution < 1.29 is 18.7 Å². The van der Waals surface area contributed by atoms with Gasteiger partial charge in [0, 0.05) is 0 Å². The van der Waals surface area contributed by atoms with Gasteiger partial charge in [-0.15, -0.1) is 0 Å². The Labute approximate surface area is 115 Å². The number of hydrogen-bond acceptors (Lipinski definition) is 4. The molecule has 1 aromatic rings. The first-order chi connectivity index (χ1) is 8.78. The van der Waals surface area contributed by atoms with Gasteiger partial charge in [-0.2, -0.15) is 0 Å². The smallest absolute Gasteiger partial charge is 0.337 e. The summed E-state index contributed by atoms with van der Waals surface area (Å²) in [5.74, 6) is 0.738. The molecule has 0 aliphatic heterocycles. The zero-order valence-corrected chi connectivity index (χ0v) is 13.1. The van der Waals surface area contributed by atoms with Gasteiger partial charge in [0.25, 0.3) is 0 Å². The molecule has 0 atom stereocenters. The van der Waals surface area contributed by atoms with Crippen molar-refractivity contribution in [2.24, 2.45) is 0 Å². The van der Waals surface area contributed by atoms with Crippen LogP contribution in [-0.4, -0.2) is 28.5 Å². The predicted octanol–water partition coefficient (Wildman–Crippen LogP) is 3.30. The van der Waals surface area contributed by atoms with Crippen LogP contribution in [0.15, 0.2) is 24.8 Å². The van der Waals surface area contributed by atoms with Gasteiger partial charge in [-0.3, -0.25) is 0 Å². The Bertz CT molecular complexity index is 489. The van der Waals surface area contributed by atoms with Crippen LogP contribution in [0.1, 0.15) is 15.9 Å². The van der Waals surface area contributed by atoms with Crippen molar-refractivity contribution in [3.63, 3.8) is 0 Å². The van der Waals surface area contributed by atoms with Crippen molar-refractivity contribution in [1.82, 2.24) is 0 Å². The Hall–Kier alpha value is -1.75. The topological polar surface area (TPSA) is 44.8 Å². The largest absolute Gasteiger partial charge is 0.544 e. The minimum atomic E-state index is -1.76. The second-order valence-electron chi connectivity index (χ2n) is 5.04. The van der Waals surface area contributed by atoms with E-state index in [0.29, 0.717) is 22.6 Å². The first-order valence-electron chi connectivity index (χ1n) is 5.93. The summed E-state index contributed by atoms with van der Waals surface area (Å²) in [5, 5.41) is 0. The number of methoxy groups -OCH3 is 2. The van der Waals surface area contributed by atoms with Gasteiger partial charge in [0.2, 0.25) is 8.32 Å². The maximum absolute atomic E-state index is 11.5. The number of ether oxygens (including phenoxy) is 2. The molecule has 0 radical (unpaired) electrons. The molecular formula is C14H20O4Si. The Morgan fingerprint density at radius 3 is 2.32 bits per heavy atom. The zero-order valence-electron chi connectivity index (χ0n) is 12.1. The van der Waals surface area contributed by atoms with E-state index in [1.165, 1.54) is 7.11 Å². The molecule has 1 rings (SSSR count). The van der Waals surface area contributed by atoms with E-state index in [1.54, 1.807) is 25.3 Å². The van der Waals surface area contributed by atoms with E-state index in [0.717, 1.165) is 0 Å². The van der Waals surface area contributed by atoms with Crippen LogP contribution in [0.25, 0.3) is 5.76 Å². The third kappa shape index (κ3) is 4.13. The third-order valence-electron chi connectivity index (χ3n) is 2.35. The van der Waals surface area contributed by atoms with E-state index < -0.39 is 14.3 Å². The first kappa shape index (κ1) is 15.3. The summed E-state index contributed by atoms with van der Waals surface area (Å²) < 4.78 is 15.8. The van der Waals surface area contributed by atoms with Crippen LogP contribution in [-0.2, 0) is 9.16 Å². The lowest BCUT2D eigenvalue weighted by molar-refractivity contribution is 0.0600. The molecule has 0 saturated heterocycles. The van der Waals surface area contributed by atoms with E-state index in [-0.39, 0.29) is 0 Å². The molecule has 19 heavy (non-hydrogen) atoms. The highest BCUT2D eigenvalue weighted by Crippen LogP contribution is 2.29. The van der Waals surface area contributed by atoms with Crippen LogP contribution in [0.5, 0.6) is 5.75 Å². The van der Waals surface area contributed by atoms with Gasteiger partial charge >= 0.3 is 5.97 Å². The summed E-state index contributed by atoms with van der Waals surface area (Å²) in [6, 6.07) is 5.03. The van der Waals surface area contributed by atoms with E-state index in [9.17, 15) is 4.79 Å². The van der Waals surface area contributed by atoms with Gasteiger partial charge in [-0.25, -0.2) is 4.79 Å². The summed E-state index contributed by atoms with van der Waals surface area (Å²) in [7, 11) is 1.15. The van der Waals surface area contributed by atoms with Crippen molar-refractivity contribution in [2.45, 2.75) is 19.6 Å². The molecule has 104 valence electrons. The SMILES string of the molecule is C=C(O[Si](C)(C)C)c1cc(C(=O)OC)ccc1OC. The Morgan fingerprint density at radius 2 is 1.84 bits per heavy atom. The number of carbonyl (C=O) groups is 1. The molecule has 0 aliphatic rings. The molecule has 0 bridgehead atoms. The molecule has 0 heterocycles. The van der Waals surface area contributed by atoms with Crippen molar-refractivity contribution >= 4 is 20.0 Å². The Balaban J connectivity index is 3.16. The maximum atomic E-state index is 11.5. The molecular weight excluding hydrogens is 260 g/mol. The highest BCUT2D eigenvalue weighted by atomic mass is 28.4. The Kier molecular flexibility index (Phi) is 4.77. The monoisotopic (exact) mass is 280 g/mol. The lowest BCUT2D eigenvalue weighted by atomic mass is 10.1. The first-order valence-corrected chi connectivity index (χ1v) is 9.34. The minimum Gasteiger partial charge on any atom is -0.544 e. The lowest BCUT2D eigenvalue weighted by Crippen LogP contribution is -2.24. The molecule has 0 saturated carbocycles. The van der Waals surface area contributed by atoms with E-state index in [4.69, 9.17) is 13.9 Å². The molecule has 0 aliphatic carbocycles. The van der Waals surface area contributed by atoms with Crippen molar-refractivity contribution in [3.05, 3.63) is 35.9 Å². The van der Waals surface area contributed by atoms with E-state index in [1.807, 2.05) is 0 Å². The summed E-state index contributed by atoms with van der Waals surface area (Å²) in [6.07, 6.45) is 0. The van der Waals surface area contributed by atoms with Crippen molar-refractivity contribution in [1.29, 1.82) is 0 Å². The number of hydrogen-bond donors (Lipinski definition) is 0. The van der Waals surface area contributed by atoms with Crippen molar-refractivity contribution in [2.75, 3.05) is 14.2 Å². The molecule has 4 nitrogen and oxygen atoms in total. The van der Waals surface area contributed by atoms with Crippen LogP contribution in [0.3, 0.4) is 0 Å². The minimum absolute atomic E-state index is 0.398. The zero-order chi connectivity index (χ0) is 14.6. The second-order valence-corrected chi connectivity index (χ2v) is 9.47. The van der Waals surface area contributed by atoms with Gasteiger partial charge in [0.1, 0.15) is 11.5 Å². The predicted molar refractivity (Wildman–Crippen MR) is 77.8 cm³/mol. The molecule has 1 aromatic carbocycles. The molecule has 0 aromatic heterocycles. The molecule has 0 unspecified atom stereocenters. The summed E-state index contributed by atoms with van der Waals surface area (Å²) in [6.45, 7) is 10.1. The molecule has 0 amide bonds. The molecule has 0 fully saturated rings. The van der Waals surface area contributed by atoms with Gasteiger partial charge in [-0.1, -0.05) is 6.58 Å². The fraction of sp³-hybridized carbons (Fsp3) is 0.357. The Morgan fingerprint density at radius 1 is 1.21 bits per heavy atom. The fourth-order valence-corrected chi connectivity index (χ4v) is 2.44. The van der Waals surface area contributed by atoms with Crippen LogP contribution < -0.4 is 4.74 Å². The van der Waals surface area contributed by atoms with Crippen molar-refractivity contribution in [3.8, 4) is 5.75 Å².